The molecule has 0 radical (unpaired) electrons. The van der Waals surface area contributed by atoms with E-state index in [0.29, 0.717) is 11.2 Å². The summed E-state index contributed by atoms with van der Waals surface area (Å²) in [5.41, 5.74) is 1.14. The van der Waals surface area contributed by atoms with Gasteiger partial charge in [-0.15, -0.1) is 9.89 Å². The zero-order valence-corrected chi connectivity index (χ0v) is 4.97. The van der Waals surface area contributed by atoms with Crippen molar-refractivity contribution < 1.29 is 0 Å². The van der Waals surface area contributed by atoms with Crippen molar-refractivity contribution in [3.8, 4) is 0 Å². The van der Waals surface area contributed by atoms with Gasteiger partial charge in [-0.3, -0.25) is 0 Å². The summed E-state index contributed by atoms with van der Waals surface area (Å²) in [5, 5.41) is 7.22. The van der Waals surface area contributed by atoms with Gasteiger partial charge in [0.05, 0.1) is 6.20 Å². The topological polar surface area (TPSA) is 82.5 Å². The fourth-order valence-electron chi connectivity index (χ4n) is 0.702. The Kier molecular flexibility index (Phi) is 0.830. The summed E-state index contributed by atoms with van der Waals surface area (Å²) in [6.45, 7) is 0. The van der Waals surface area contributed by atoms with Crippen LogP contribution >= 0.6 is 0 Å². The highest BCUT2D eigenvalue weighted by atomic mass is 15.6. The van der Waals surface area contributed by atoms with E-state index in [1.165, 1.54) is 6.33 Å². The Hall–Kier alpha value is -1.72. The van der Waals surface area contributed by atoms with Crippen molar-refractivity contribution in [1.82, 2.24) is 25.1 Å². The number of nitrogens with two attached hydrogens (primary N) is 1. The molecule has 6 heteroatoms. The molecule has 2 N–H and O–H groups in total. The van der Waals surface area contributed by atoms with Crippen LogP contribution in [0.5, 0.6) is 0 Å². The molecule has 2 aromatic rings. The van der Waals surface area contributed by atoms with Crippen LogP contribution in [0.4, 0.5) is 0 Å². The van der Waals surface area contributed by atoms with Crippen molar-refractivity contribution in [2.75, 3.05) is 5.84 Å². The third-order valence-corrected chi connectivity index (χ3v) is 1.14. The van der Waals surface area contributed by atoms with E-state index in [1.54, 1.807) is 6.20 Å². The van der Waals surface area contributed by atoms with Crippen LogP contribution in [0.3, 0.4) is 0 Å². The largest absolute Gasteiger partial charge is 0.320 e. The van der Waals surface area contributed by atoms with Crippen LogP contribution in [-0.2, 0) is 0 Å². The molecule has 0 amide bonds. The van der Waals surface area contributed by atoms with Gasteiger partial charge in [-0.25, -0.2) is 9.97 Å². The van der Waals surface area contributed by atoms with E-state index in [9.17, 15) is 0 Å². The predicted molar refractivity (Wildman–Crippen MR) is 33.3 cm³/mol. The van der Waals surface area contributed by atoms with E-state index < -0.39 is 0 Å². The van der Waals surface area contributed by atoms with E-state index in [-0.39, 0.29) is 0 Å². The molecule has 0 aliphatic heterocycles. The van der Waals surface area contributed by atoms with Gasteiger partial charge in [-0.2, -0.15) is 0 Å². The summed E-state index contributed by atoms with van der Waals surface area (Å²) in [4.78, 5) is 8.69. The maximum atomic E-state index is 5.33. The zero-order chi connectivity index (χ0) is 6.97. The number of hydrogen-bond donors (Lipinski definition) is 1. The molecule has 2 heterocycles. The third-order valence-electron chi connectivity index (χ3n) is 1.14. The van der Waals surface area contributed by atoms with Gasteiger partial charge in [0, 0.05) is 0 Å². The summed E-state index contributed by atoms with van der Waals surface area (Å²) >= 11 is 0. The molecule has 0 saturated heterocycles. The van der Waals surface area contributed by atoms with Gasteiger partial charge in [0.2, 0.25) is 5.65 Å². The first-order valence-electron chi connectivity index (χ1n) is 2.64. The summed E-state index contributed by atoms with van der Waals surface area (Å²) in [5.74, 6) is 5.33. The lowest BCUT2D eigenvalue weighted by Gasteiger charge is -1.86. The highest BCUT2D eigenvalue weighted by Gasteiger charge is 1.99. The third kappa shape index (κ3) is 0.524. The Morgan fingerprint density at radius 2 is 2.40 bits per heavy atom. The maximum Gasteiger partial charge on any atom is 0.204 e. The van der Waals surface area contributed by atoms with Crippen LogP contribution in [0.2, 0.25) is 0 Å². The average Bonchev–Trinajstić information content (AvgIpc) is 2.34. The Labute approximate surface area is 55.7 Å². The first-order chi connectivity index (χ1) is 4.88. The minimum Gasteiger partial charge on any atom is -0.320 e. The molecule has 0 spiro atoms. The van der Waals surface area contributed by atoms with Gasteiger partial charge >= 0.3 is 0 Å². The number of nitrogens with zero attached hydrogens (tertiary/aromatic N) is 5. The molecule has 0 aromatic carbocycles. The lowest BCUT2D eigenvalue weighted by atomic mass is 10.6. The maximum absolute atomic E-state index is 5.33. The van der Waals surface area contributed by atoms with Gasteiger partial charge in [0.15, 0.2) is 5.52 Å². The van der Waals surface area contributed by atoms with Crippen molar-refractivity contribution >= 4 is 11.2 Å². The van der Waals surface area contributed by atoms with E-state index in [1.807, 2.05) is 0 Å². The Balaban J connectivity index is 2.93. The number of nitrogen functional groups attached to an aromatic ring is 1. The number of rotatable bonds is 0. The fourth-order valence-corrected chi connectivity index (χ4v) is 0.702. The minimum absolute atomic E-state index is 0.537. The molecular weight excluding hydrogens is 132 g/mol. The SMILES string of the molecule is Nn1nnc2cncnc21. The van der Waals surface area contributed by atoms with E-state index >= 15 is 0 Å². The molecule has 2 rings (SSSR count). The Bertz CT molecular complexity index is 351. The summed E-state index contributed by atoms with van der Waals surface area (Å²) in [7, 11) is 0. The van der Waals surface area contributed by atoms with Crippen molar-refractivity contribution in [1.29, 1.82) is 0 Å². The molecule has 0 fully saturated rings. The lowest BCUT2D eigenvalue weighted by molar-refractivity contribution is 0.780. The Morgan fingerprint density at radius 3 is 3.20 bits per heavy atom. The van der Waals surface area contributed by atoms with Gasteiger partial charge in [-0.1, -0.05) is 0 Å². The first kappa shape index (κ1) is 5.10. The fraction of sp³-hybridized carbons (Fsp3) is 0. The second-order valence-electron chi connectivity index (χ2n) is 1.77. The first-order valence-corrected chi connectivity index (χ1v) is 2.64. The number of hydrogen-bond acceptors (Lipinski definition) is 5. The zero-order valence-electron chi connectivity index (χ0n) is 4.97. The standard InChI is InChI=1S/C4H4N6/c5-10-4-3(8-9-10)1-6-2-7-4/h1-2H,5H2. The summed E-state index contributed by atoms with van der Waals surface area (Å²) in [6.07, 6.45) is 2.95. The molecule has 0 aliphatic carbocycles. The molecule has 0 atom stereocenters. The van der Waals surface area contributed by atoms with E-state index in [2.05, 4.69) is 20.3 Å². The van der Waals surface area contributed by atoms with Crippen LogP contribution in [0.15, 0.2) is 12.5 Å². The molecule has 2 aromatic heterocycles. The van der Waals surface area contributed by atoms with E-state index in [4.69, 9.17) is 5.84 Å². The predicted octanol–water partition coefficient (Wildman–Crippen LogP) is -1.06. The number of fused-ring (bicyclic) bond motifs is 1. The normalized spacial score (nSPS) is 10.4. The second kappa shape index (κ2) is 1.63. The minimum atomic E-state index is 0.537. The van der Waals surface area contributed by atoms with Gasteiger partial charge < -0.3 is 5.84 Å². The molecule has 50 valence electrons. The molecular formula is C4H4N6. The summed E-state index contributed by atoms with van der Waals surface area (Å²) < 4.78 is 0. The summed E-state index contributed by atoms with van der Waals surface area (Å²) in [6, 6.07) is 0. The molecule has 0 saturated carbocycles. The van der Waals surface area contributed by atoms with E-state index in [0.717, 1.165) is 4.79 Å². The van der Waals surface area contributed by atoms with Crippen molar-refractivity contribution in [3.05, 3.63) is 12.5 Å². The monoisotopic (exact) mass is 136 g/mol. The molecule has 10 heavy (non-hydrogen) atoms. The lowest BCUT2D eigenvalue weighted by Crippen LogP contribution is -2.10. The van der Waals surface area contributed by atoms with Crippen LogP contribution in [0, 0.1) is 0 Å². The quantitative estimate of drug-likeness (QED) is 0.466. The van der Waals surface area contributed by atoms with Gasteiger partial charge in [-0.05, 0) is 5.21 Å². The van der Waals surface area contributed by atoms with Gasteiger partial charge in [0.1, 0.15) is 6.33 Å². The van der Waals surface area contributed by atoms with Crippen molar-refractivity contribution in [2.45, 2.75) is 0 Å². The molecule has 0 unspecified atom stereocenters. The smallest absolute Gasteiger partial charge is 0.204 e. The van der Waals surface area contributed by atoms with Crippen LogP contribution in [0.25, 0.3) is 11.2 Å². The Morgan fingerprint density at radius 1 is 1.50 bits per heavy atom. The van der Waals surface area contributed by atoms with Crippen LogP contribution in [0.1, 0.15) is 0 Å². The second-order valence-corrected chi connectivity index (χ2v) is 1.77. The van der Waals surface area contributed by atoms with Crippen molar-refractivity contribution in [3.63, 3.8) is 0 Å². The molecule has 6 nitrogen and oxygen atoms in total. The highest BCUT2D eigenvalue weighted by Crippen LogP contribution is 1.99. The molecule has 0 bridgehead atoms. The molecule has 0 aliphatic rings. The van der Waals surface area contributed by atoms with Crippen molar-refractivity contribution in [2.24, 2.45) is 0 Å². The van der Waals surface area contributed by atoms with Gasteiger partial charge in [0.25, 0.3) is 0 Å². The number of aromatic nitrogens is 5. The highest BCUT2D eigenvalue weighted by molar-refractivity contribution is 5.67. The van der Waals surface area contributed by atoms with Crippen LogP contribution < -0.4 is 5.84 Å². The van der Waals surface area contributed by atoms with Crippen LogP contribution in [-0.4, -0.2) is 25.1 Å². The average molecular weight is 136 g/mol.